The van der Waals surface area contributed by atoms with Crippen molar-refractivity contribution < 1.29 is 19.1 Å². The molecule has 2 amide bonds. The van der Waals surface area contributed by atoms with Crippen LogP contribution in [0, 0.1) is 0 Å². The lowest BCUT2D eigenvalue weighted by molar-refractivity contribution is -0.139. The number of anilines is 1. The zero-order valence-electron chi connectivity index (χ0n) is 17.0. The third kappa shape index (κ3) is 5.03. The molecule has 1 aliphatic carbocycles. The number of nitrogens with zero attached hydrogens (tertiary/aromatic N) is 1. The smallest absolute Gasteiger partial charge is 0.342 e. The standard InChI is InChI=1S/C22H26N2O4S/c1-14(21(26)24(3)13-16-9-5-4-6-10-16)28-22(27)19-17-11-7-8-12-18(17)29-20(19)23-15(2)25/h4-6,9-10,14H,7-8,11-13H2,1-3H3,(H,23,25). The van der Waals surface area contributed by atoms with E-state index in [1.807, 2.05) is 30.3 Å². The molecule has 1 aromatic carbocycles. The number of fused-ring (bicyclic) bond motifs is 1. The van der Waals surface area contributed by atoms with Gasteiger partial charge in [-0.3, -0.25) is 9.59 Å². The molecular weight excluding hydrogens is 388 g/mol. The van der Waals surface area contributed by atoms with Crippen molar-refractivity contribution in [3.05, 3.63) is 51.9 Å². The van der Waals surface area contributed by atoms with Gasteiger partial charge in [0.05, 0.1) is 5.56 Å². The molecule has 1 aromatic heterocycles. The van der Waals surface area contributed by atoms with Crippen LogP contribution in [-0.4, -0.2) is 35.8 Å². The molecule has 1 aliphatic rings. The van der Waals surface area contributed by atoms with Crippen LogP contribution in [0.5, 0.6) is 0 Å². The highest BCUT2D eigenvalue weighted by molar-refractivity contribution is 7.17. The first-order chi connectivity index (χ1) is 13.9. The van der Waals surface area contributed by atoms with E-state index in [1.54, 1.807) is 18.9 Å². The predicted octanol–water partition coefficient (Wildman–Crippen LogP) is 3.79. The summed E-state index contributed by atoms with van der Waals surface area (Å²) < 4.78 is 5.53. The number of likely N-dealkylation sites (N-methyl/N-ethyl adjacent to an activating group) is 1. The monoisotopic (exact) mass is 414 g/mol. The number of carbonyl (C=O) groups is 3. The quantitative estimate of drug-likeness (QED) is 0.730. The number of aryl methyl sites for hydroxylation is 1. The van der Waals surface area contributed by atoms with Gasteiger partial charge in [0.1, 0.15) is 5.00 Å². The summed E-state index contributed by atoms with van der Waals surface area (Å²) in [5.41, 5.74) is 2.36. The Morgan fingerprint density at radius 3 is 2.55 bits per heavy atom. The van der Waals surface area contributed by atoms with Crippen LogP contribution in [-0.2, 0) is 33.7 Å². The lowest BCUT2D eigenvalue weighted by Gasteiger charge is -2.22. The predicted molar refractivity (Wildman–Crippen MR) is 113 cm³/mol. The number of thiophene rings is 1. The van der Waals surface area contributed by atoms with E-state index in [2.05, 4.69) is 5.32 Å². The number of esters is 1. The van der Waals surface area contributed by atoms with E-state index < -0.39 is 12.1 Å². The van der Waals surface area contributed by atoms with Gasteiger partial charge in [-0.2, -0.15) is 0 Å². The molecule has 7 heteroatoms. The van der Waals surface area contributed by atoms with Gasteiger partial charge < -0.3 is 15.0 Å². The molecule has 0 fully saturated rings. The van der Waals surface area contributed by atoms with E-state index in [4.69, 9.17) is 4.74 Å². The number of hydrogen-bond acceptors (Lipinski definition) is 5. The van der Waals surface area contributed by atoms with Crippen LogP contribution in [0.15, 0.2) is 30.3 Å². The summed E-state index contributed by atoms with van der Waals surface area (Å²) in [5, 5.41) is 3.27. The molecule has 3 rings (SSSR count). The number of nitrogens with one attached hydrogen (secondary N) is 1. The second-order valence-corrected chi connectivity index (χ2v) is 8.43. The molecule has 1 atom stereocenters. The molecule has 29 heavy (non-hydrogen) atoms. The summed E-state index contributed by atoms with van der Waals surface area (Å²) in [4.78, 5) is 39.9. The number of hydrogen-bond donors (Lipinski definition) is 1. The van der Waals surface area contributed by atoms with Crippen LogP contribution in [0.3, 0.4) is 0 Å². The van der Waals surface area contributed by atoms with Gasteiger partial charge in [0, 0.05) is 25.4 Å². The van der Waals surface area contributed by atoms with E-state index >= 15 is 0 Å². The van der Waals surface area contributed by atoms with Gasteiger partial charge in [-0.15, -0.1) is 11.3 Å². The van der Waals surface area contributed by atoms with Crippen molar-refractivity contribution in [1.29, 1.82) is 0 Å². The summed E-state index contributed by atoms with van der Waals surface area (Å²) in [7, 11) is 1.69. The minimum absolute atomic E-state index is 0.232. The van der Waals surface area contributed by atoms with Crippen LogP contribution in [0.2, 0.25) is 0 Å². The molecule has 154 valence electrons. The third-order valence-electron chi connectivity index (χ3n) is 4.94. The van der Waals surface area contributed by atoms with Crippen molar-refractivity contribution in [3.63, 3.8) is 0 Å². The van der Waals surface area contributed by atoms with E-state index in [-0.39, 0.29) is 11.8 Å². The topological polar surface area (TPSA) is 75.7 Å². The van der Waals surface area contributed by atoms with Crippen molar-refractivity contribution in [3.8, 4) is 0 Å². The van der Waals surface area contributed by atoms with Gasteiger partial charge >= 0.3 is 5.97 Å². The Balaban J connectivity index is 1.73. The Bertz CT molecular complexity index is 907. The highest BCUT2D eigenvalue weighted by Gasteiger charge is 2.30. The Kier molecular flexibility index (Phi) is 6.69. The van der Waals surface area contributed by atoms with Gasteiger partial charge in [0.25, 0.3) is 5.91 Å². The van der Waals surface area contributed by atoms with Crippen molar-refractivity contribution in [1.82, 2.24) is 4.90 Å². The lowest BCUT2D eigenvalue weighted by Crippen LogP contribution is -2.37. The first kappa shape index (κ1) is 21.0. The molecule has 0 radical (unpaired) electrons. The number of amides is 2. The van der Waals surface area contributed by atoms with Crippen molar-refractivity contribution in [2.24, 2.45) is 0 Å². The first-order valence-corrected chi connectivity index (χ1v) is 10.6. The molecule has 6 nitrogen and oxygen atoms in total. The maximum atomic E-state index is 12.9. The lowest BCUT2D eigenvalue weighted by atomic mass is 9.95. The van der Waals surface area contributed by atoms with Crippen molar-refractivity contribution in [2.45, 2.75) is 52.2 Å². The van der Waals surface area contributed by atoms with E-state index in [1.165, 1.54) is 18.3 Å². The maximum Gasteiger partial charge on any atom is 0.342 e. The van der Waals surface area contributed by atoms with Gasteiger partial charge in [-0.1, -0.05) is 30.3 Å². The second kappa shape index (κ2) is 9.22. The fourth-order valence-corrected chi connectivity index (χ4v) is 4.87. The summed E-state index contributed by atoms with van der Waals surface area (Å²) in [6, 6.07) is 9.64. The Morgan fingerprint density at radius 2 is 1.86 bits per heavy atom. The minimum Gasteiger partial charge on any atom is -0.449 e. The van der Waals surface area contributed by atoms with E-state index in [0.717, 1.165) is 41.7 Å². The van der Waals surface area contributed by atoms with Crippen LogP contribution >= 0.6 is 11.3 Å². The highest BCUT2D eigenvalue weighted by Crippen LogP contribution is 2.38. The molecular formula is C22H26N2O4S. The van der Waals surface area contributed by atoms with Crippen LogP contribution in [0.25, 0.3) is 0 Å². The fraction of sp³-hybridized carbons (Fsp3) is 0.409. The molecule has 2 aromatic rings. The third-order valence-corrected chi connectivity index (χ3v) is 6.14. The maximum absolute atomic E-state index is 12.9. The highest BCUT2D eigenvalue weighted by atomic mass is 32.1. The molecule has 0 aliphatic heterocycles. The summed E-state index contributed by atoms with van der Waals surface area (Å²) in [6.07, 6.45) is 2.83. The van der Waals surface area contributed by atoms with Crippen LogP contribution < -0.4 is 5.32 Å². The number of benzene rings is 1. The fourth-order valence-electron chi connectivity index (χ4n) is 3.55. The minimum atomic E-state index is -0.916. The van der Waals surface area contributed by atoms with E-state index in [9.17, 15) is 14.4 Å². The van der Waals surface area contributed by atoms with Gasteiger partial charge in [0.15, 0.2) is 6.10 Å². The second-order valence-electron chi connectivity index (χ2n) is 7.32. The normalized spacial score (nSPS) is 13.9. The van der Waals surface area contributed by atoms with Crippen molar-refractivity contribution >= 4 is 34.1 Å². The Labute approximate surface area is 174 Å². The summed E-state index contributed by atoms with van der Waals surface area (Å²) >= 11 is 1.43. The average molecular weight is 415 g/mol. The Hall–Kier alpha value is -2.67. The number of ether oxygens (including phenoxy) is 1. The molecule has 1 unspecified atom stereocenters. The molecule has 1 N–H and O–H groups in total. The summed E-state index contributed by atoms with van der Waals surface area (Å²) in [5.74, 6) is -1.06. The number of rotatable bonds is 6. The van der Waals surface area contributed by atoms with Gasteiger partial charge in [-0.05, 0) is 43.7 Å². The van der Waals surface area contributed by atoms with Crippen LogP contribution in [0.4, 0.5) is 5.00 Å². The summed E-state index contributed by atoms with van der Waals surface area (Å²) in [6.45, 7) is 3.43. The molecule has 0 saturated heterocycles. The van der Waals surface area contributed by atoms with Crippen molar-refractivity contribution in [2.75, 3.05) is 12.4 Å². The Morgan fingerprint density at radius 1 is 1.17 bits per heavy atom. The molecule has 0 spiro atoms. The molecule has 0 bridgehead atoms. The average Bonchev–Trinajstić information content (AvgIpc) is 3.05. The zero-order valence-corrected chi connectivity index (χ0v) is 17.8. The van der Waals surface area contributed by atoms with Gasteiger partial charge in [-0.25, -0.2) is 4.79 Å². The van der Waals surface area contributed by atoms with Crippen LogP contribution in [0.1, 0.15) is 53.1 Å². The first-order valence-electron chi connectivity index (χ1n) is 9.78. The largest absolute Gasteiger partial charge is 0.449 e. The van der Waals surface area contributed by atoms with Gasteiger partial charge in [0.2, 0.25) is 5.91 Å². The number of carbonyl (C=O) groups excluding carboxylic acids is 3. The van der Waals surface area contributed by atoms with E-state index in [0.29, 0.717) is 17.1 Å². The SMILES string of the molecule is CC(=O)Nc1sc2c(c1C(=O)OC(C)C(=O)N(C)Cc1ccccc1)CCCC2. The molecule has 0 saturated carbocycles. The zero-order chi connectivity index (χ0) is 21.0. The molecule has 1 heterocycles.